The van der Waals surface area contributed by atoms with E-state index in [9.17, 15) is 5.11 Å². The van der Waals surface area contributed by atoms with Gasteiger partial charge in [0, 0.05) is 22.7 Å². The molecule has 0 aliphatic carbocycles. The minimum atomic E-state index is 0.175. The summed E-state index contributed by atoms with van der Waals surface area (Å²) in [5.74, 6) is 0.323. The molecule has 2 unspecified atom stereocenters. The van der Waals surface area contributed by atoms with Crippen molar-refractivity contribution in [2.45, 2.75) is 46.2 Å². The Hall–Kier alpha value is -0.730. The van der Waals surface area contributed by atoms with E-state index in [0.29, 0.717) is 16.8 Å². The Morgan fingerprint density at radius 3 is 2.47 bits per heavy atom. The second-order valence-corrected chi connectivity index (χ2v) is 4.90. The summed E-state index contributed by atoms with van der Waals surface area (Å²) in [5.41, 5.74) is 0.902. The largest absolute Gasteiger partial charge is 0.508 e. The van der Waals surface area contributed by atoms with Crippen LogP contribution in [0.15, 0.2) is 18.2 Å². The summed E-state index contributed by atoms with van der Waals surface area (Å²) in [7, 11) is 0. The quantitative estimate of drug-likeness (QED) is 0.851. The Labute approximate surface area is 109 Å². The van der Waals surface area contributed by atoms with E-state index >= 15 is 0 Å². The Morgan fingerprint density at radius 2 is 1.94 bits per heavy atom. The molecule has 0 amide bonds. The maximum Gasteiger partial charge on any atom is 0.120 e. The standard InChI is InChI=1S/C14H22ClNO/c1-5-10(3)16(6-2)11(4)13-9-12(15)7-8-14(13)17/h7-11,17H,5-6H2,1-4H3. The molecule has 96 valence electrons. The van der Waals surface area contributed by atoms with Crippen LogP contribution in [0.1, 0.15) is 45.7 Å². The van der Waals surface area contributed by atoms with Crippen LogP contribution in [-0.4, -0.2) is 22.6 Å². The van der Waals surface area contributed by atoms with Crippen molar-refractivity contribution in [2.75, 3.05) is 6.54 Å². The van der Waals surface area contributed by atoms with Crippen LogP contribution < -0.4 is 0 Å². The van der Waals surface area contributed by atoms with Gasteiger partial charge in [-0.1, -0.05) is 25.4 Å². The number of halogens is 1. The Balaban J connectivity index is 3.00. The summed E-state index contributed by atoms with van der Waals surface area (Å²) >= 11 is 5.99. The van der Waals surface area contributed by atoms with Crippen molar-refractivity contribution in [2.24, 2.45) is 0 Å². The molecule has 0 aromatic heterocycles. The molecule has 0 radical (unpaired) electrons. The van der Waals surface area contributed by atoms with Gasteiger partial charge in [0.25, 0.3) is 0 Å². The van der Waals surface area contributed by atoms with Crippen molar-refractivity contribution in [1.29, 1.82) is 0 Å². The molecule has 0 saturated carbocycles. The topological polar surface area (TPSA) is 23.5 Å². The number of phenols is 1. The van der Waals surface area contributed by atoms with Crippen LogP contribution in [0.2, 0.25) is 5.02 Å². The lowest BCUT2D eigenvalue weighted by Crippen LogP contribution is -2.34. The summed E-state index contributed by atoms with van der Waals surface area (Å²) in [6, 6.07) is 5.90. The molecule has 3 heteroatoms. The summed E-state index contributed by atoms with van der Waals surface area (Å²) in [6.07, 6.45) is 1.10. The van der Waals surface area contributed by atoms with Crippen molar-refractivity contribution in [3.05, 3.63) is 28.8 Å². The van der Waals surface area contributed by atoms with Gasteiger partial charge in [-0.05, 0) is 45.0 Å². The molecule has 1 aromatic carbocycles. The zero-order valence-electron chi connectivity index (χ0n) is 11.1. The summed E-state index contributed by atoms with van der Waals surface area (Å²) in [6.45, 7) is 9.60. The van der Waals surface area contributed by atoms with E-state index in [2.05, 4.69) is 32.6 Å². The van der Waals surface area contributed by atoms with Gasteiger partial charge < -0.3 is 5.11 Å². The third kappa shape index (κ3) is 3.36. The van der Waals surface area contributed by atoms with Gasteiger partial charge in [-0.2, -0.15) is 0 Å². The molecule has 0 spiro atoms. The number of aromatic hydroxyl groups is 1. The first-order chi connectivity index (χ1) is 8.01. The summed E-state index contributed by atoms with van der Waals surface area (Å²) < 4.78 is 0. The predicted molar refractivity (Wildman–Crippen MR) is 73.7 cm³/mol. The third-order valence-electron chi connectivity index (χ3n) is 3.46. The van der Waals surface area contributed by atoms with Crippen molar-refractivity contribution in [3.63, 3.8) is 0 Å². The van der Waals surface area contributed by atoms with Gasteiger partial charge in [-0.3, -0.25) is 4.90 Å². The van der Waals surface area contributed by atoms with Gasteiger partial charge in [0.15, 0.2) is 0 Å². The minimum absolute atomic E-state index is 0.175. The zero-order valence-corrected chi connectivity index (χ0v) is 11.8. The molecule has 2 nitrogen and oxygen atoms in total. The third-order valence-corrected chi connectivity index (χ3v) is 3.69. The Morgan fingerprint density at radius 1 is 1.29 bits per heavy atom. The van der Waals surface area contributed by atoms with E-state index in [1.54, 1.807) is 12.1 Å². The minimum Gasteiger partial charge on any atom is -0.508 e. The van der Waals surface area contributed by atoms with Gasteiger partial charge in [-0.25, -0.2) is 0 Å². The number of rotatable bonds is 5. The van der Waals surface area contributed by atoms with Crippen LogP contribution in [-0.2, 0) is 0 Å². The van der Waals surface area contributed by atoms with E-state index in [0.717, 1.165) is 18.5 Å². The van der Waals surface area contributed by atoms with Gasteiger partial charge in [-0.15, -0.1) is 0 Å². The maximum absolute atomic E-state index is 9.92. The average molecular weight is 256 g/mol. The van der Waals surface area contributed by atoms with Crippen LogP contribution in [0.25, 0.3) is 0 Å². The van der Waals surface area contributed by atoms with E-state index in [-0.39, 0.29) is 6.04 Å². The van der Waals surface area contributed by atoms with Crippen LogP contribution in [0.3, 0.4) is 0 Å². The van der Waals surface area contributed by atoms with Crippen molar-refractivity contribution in [1.82, 2.24) is 4.90 Å². The lowest BCUT2D eigenvalue weighted by atomic mass is 10.0. The molecule has 0 aliphatic heterocycles. The molecule has 17 heavy (non-hydrogen) atoms. The number of hydrogen-bond donors (Lipinski definition) is 1. The highest BCUT2D eigenvalue weighted by Crippen LogP contribution is 2.32. The molecule has 2 atom stereocenters. The van der Waals surface area contributed by atoms with Crippen LogP contribution in [0.4, 0.5) is 0 Å². The molecule has 1 N–H and O–H groups in total. The number of nitrogens with zero attached hydrogens (tertiary/aromatic N) is 1. The molecular weight excluding hydrogens is 234 g/mol. The summed E-state index contributed by atoms with van der Waals surface area (Å²) in [5, 5.41) is 10.6. The smallest absolute Gasteiger partial charge is 0.120 e. The first-order valence-electron chi connectivity index (χ1n) is 6.25. The summed E-state index contributed by atoms with van der Waals surface area (Å²) in [4.78, 5) is 2.37. The van der Waals surface area contributed by atoms with E-state index < -0.39 is 0 Å². The van der Waals surface area contributed by atoms with Gasteiger partial charge in [0.1, 0.15) is 5.75 Å². The Bertz CT molecular complexity index is 367. The highest BCUT2D eigenvalue weighted by atomic mass is 35.5. The normalized spacial score (nSPS) is 14.9. The second kappa shape index (κ2) is 6.27. The van der Waals surface area contributed by atoms with Gasteiger partial charge in [0.05, 0.1) is 0 Å². The number of phenolic OH excluding ortho intramolecular Hbond substituents is 1. The predicted octanol–water partition coefficient (Wildman–Crippen LogP) is 4.23. The van der Waals surface area contributed by atoms with Crippen LogP contribution >= 0.6 is 11.6 Å². The molecular formula is C14H22ClNO. The maximum atomic E-state index is 9.92. The number of hydrogen-bond acceptors (Lipinski definition) is 2. The highest BCUT2D eigenvalue weighted by Gasteiger charge is 2.21. The van der Waals surface area contributed by atoms with E-state index in [1.807, 2.05) is 6.07 Å². The molecule has 0 fully saturated rings. The lowest BCUT2D eigenvalue weighted by molar-refractivity contribution is 0.157. The molecule has 0 aliphatic rings. The van der Waals surface area contributed by atoms with Crippen LogP contribution in [0.5, 0.6) is 5.75 Å². The molecule has 0 heterocycles. The van der Waals surface area contributed by atoms with Crippen molar-refractivity contribution in [3.8, 4) is 5.75 Å². The van der Waals surface area contributed by atoms with Gasteiger partial charge >= 0.3 is 0 Å². The molecule has 1 rings (SSSR count). The first-order valence-corrected chi connectivity index (χ1v) is 6.63. The highest BCUT2D eigenvalue weighted by molar-refractivity contribution is 6.30. The fourth-order valence-corrected chi connectivity index (χ4v) is 2.42. The van der Waals surface area contributed by atoms with Crippen LogP contribution in [0, 0.1) is 0 Å². The average Bonchev–Trinajstić information content (AvgIpc) is 2.32. The van der Waals surface area contributed by atoms with Gasteiger partial charge in [0.2, 0.25) is 0 Å². The van der Waals surface area contributed by atoms with Crippen molar-refractivity contribution >= 4 is 11.6 Å². The number of benzene rings is 1. The zero-order chi connectivity index (χ0) is 13.0. The SMILES string of the molecule is CCC(C)N(CC)C(C)c1cc(Cl)ccc1O. The first kappa shape index (κ1) is 14.3. The molecule has 0 bridgehead atoms. The fraction of sp³-hybridized carbons (Fsp3) is 0.571. The Kier molecular flexibility index (Phi) is 5.29. The van der Waals surface area contributed by atoms with E-state index in [4.69, 9.17) is 11.6 Å². The van der Waals surface area contributed by atoms with Crippen molar-refractivity contribution < 1.29 is 5.11 Å². The fourth-order valence-electron chi connectivity index (χ4n) is 2.24. The molecule has 0 saturated heterocycles. The lowest BCUT2D eigenvalue weighted by Gasteiger charge is -2.33. The van der Waals surface area contributed by atoms with E-state index in [1.165, 1.54) is 0 Å². The second-order valence-electron chi connectivity index (χ2n) is 4.47. The monoisotopic (exact) mass is 255 g/mol. The molecule has 1 aromatic rings.